The van der Waals surface area contributed by atoms with E-state index in [-0.39, 0.29) is 6.29 Å². The van der Waals surface area contributed by atoms with Gasteiger partial charge in [0.1, 0.15) is 0 Å². The number of aliphatic imine (C=N–C) groups is 1. The third-order valence-electron chi connectivity index (χ3n) is 2.83. The molecule has 0 saturated carbocycles. The van der Waals surface area contributed by atoms with Crippen LogP contribution in [-0.2, 0) is 9.47 Å². The number of anilines is 1. The molecule has 1 aromatic carbocycles. The van der Waals surface area contributed by atoms with Gasteiger partial charge >= 0.3 is 0 Å². The first kappa shape index (κ1) is 12.0. The maximum absolute atomic E-state index is 5.50. The SMILES string of the molecule is CC1CSC(Nc2cccc(C3OCCO3)c2)=N1. The van der Waals surface area contributed by atoms with E-state index >= 15 is 0 Å². The van der Waals surface area contributed by atoms with Crippen LogP contribution in [0.25, 0.3) is 0 Å². The zero-order valence-corrected chi connectivity index (χ0v) is 11.1. The summed E-state index contributed by atoms with van der Waals surface area (Å²) >= 11 is 1.76. The Balaban J connectivity index is 1.72. The molecule has 0 radical (unpaired) electrons. The smallest absolute Gasteiger partial charge is 0.184 e. The third kappa shape index (κ3) is 2.68. The predicted molar refractivity (Wildman–Crippen MR) is 74.1 cm³/mol. The van der Waals surface area contributed by atoms with E-state index in [9.17, 15) is 0 Å². The second-order valence-electron chi connectivity index (χ2n) is 4.42. The van der Waals surface area contributed by atoms with Crippen molar-refractivity contribution >= 4 is 22.6 Å². The molecule has 0 aliphatic carbocycles. The molecule has 0 aromatic heterocycles. The van der Waals surface area contributed by atoms with Crippen molar-refractivity contribution in [2.75, 3.05) is 24.3 Å². The van der Waals surface area contributed by atoms with Crippen molar-refractivity contribution in [2.24, 2.45) is 4.99 Å². The van der Waals surface area contributed by atoms with E-state index in [1.807, 2.05) is 18.2 Å². The second kappa shape index (κ2) is 5.30. The summed E-state index contributed by atoms with van der Waals surface area (Å²) in [7, 11) is 0. The number of amidine groups is 1. The number of thioether (sulfide) groups is 1. The van der Waals surface area contributed by atoms with Crippen LogP contribution in [-0.4, -0.2) is 30.2 Å². The van der Waals surface area contributed by atoms with Crippen LogP contribution in [0, 0.1) is 0 Å². The minimum Gasteiger partial charge on any atom is -0.346 e. The molecule has 0 spiro atoms. The summed E-state index contributed by atoms with van der Waals surface area (Å²) in [4.78, 5) is 4.52. The lowest BCUT2D eigenvalue weighted by Gasteiger charge is -2.11. The normalized spacial score (nSPS) is 24.3. The van der Waals surface area contributed by atoms with Crippen molar-refractivity contribution < 1.29 is 9.47 Å². The number of hydrogen-bond acceptors (Lipinski definition) is 5. The van der Waals surface area contributed by atoms with Crippen molar-refractivity contribution in [3.63, 3.8) is 0 Å². The first-order chi connectivity index (χ1) is 8.81. The summed E-state index contributed by atoms with van der Waals surface area (Å²) in [5, 5.41) is 4.33. The molecule has 1 fully saturated rings. The Labute approximate surface area is 111 Å². The average molecular weight is 264 g/mol. The zero-order chi connectivity index (χ0) is 12.4. The fourth-order valence-corrected chi connectivity index (χ4v) is 2.90. The lowest BCUT2D eigenvalue weighted by Crippen LogP contribution is -2.06. The predicted octanol–water partition coefficient (Wildman–Crippen LogP) is 2.64. The molecular formula is C13H16N2O2S. The van der Waals surface area contributed by atoms with Gasteiger partial charge in [-0.15, -0.1) is 0 Å². The van der Waals surface area contributed by atoms with Crippen LogP contribution in [0.2, 0.25) is 0 Å². The molecule has 1 saturated heterocycles. The molecule has 3 rings (SSSR count). The van der Waals surface area contributed by atoms with Crippen molar-refractivity contribution in [1.29, 1.82) is 0 Å². The number of nitrogens with one attached hydrogen (secondary N) is 1. The average Bonchev–Trinajstić information content (AvgIpc) is 3.01. The Kier molecular flexibility index (Phi) is 3.54. The summed E-state index contributed by atoms with van der Waals surface area (Å²) < 4.78 is 11.0. The number of benzene rings is 1. The molecular weight excluding hydrogens is 248 g/mol. The Morgan fingerprint density at radius 1 is 1.33 bits per heavy atom. The molecule has 2 aliphatic heterocycles. The topological polar surface area (TPSA) is 42.8 Å². The molecule has 1 unspecified atom stereocenters. The molecule has 0 amide bonds. The Hall–Kier alpha value is -1.04. The summed E-state index contributed by atoms with van der Waals surface area (Å²) in [5.41, 5.74) is 2.08. The van der Waals surface area contributed by atoms with Gasteiger partial charge in [0.2, 0.25) is 0 Å². The van der Waals surface area contributed by atoms with Gasteiger partial charge in [-0.2, -0.15) is 0 Å². The van der Waals surface area contributed by atoms with Gasteiger partial charge < -0.3 is 14.8 Å². The Bertz CT molecular complexity index is 458. The largest absolute Gasteiger partial charge is 0.346 e. The van der Waals surface area contributed by atoms with Gasteiger partial charge in [0, 0.05) is 17.0 Å². The van der Waals surface area contributed by atoms with Crippen LogP contribution in [0.5, 0.6) is 0 Å². The number of ether oxygens (including phenoxy) is 2. The highest BCUT2D eigenvalue weighted by molar-refractivity contribution is 8.14. The minimum atomic E-state index is -0.219. The number of rotatable bonds is 2. The Morgan fingerprint density at radius 3 is 2.89 bits per heavy atom. The van der Waals surface area contributed by atoms with E-state index in [2.05, 4.69) is 23.3 Å². The molecule has 1 aromatic rings. The molecule has 1 atom stereocenters. The third-order valence-corrected chi connectivity index (χ3v) is 3.96. The van der Waals surface area contributed by atoms with Gasteiger partial charge in [0.05, 0.1) is 19.3 Å². The summed E-state index contributed by atoms with van der Waals surface area (Å²) in [6.45, 7) is 3.46. The van der Waals surface area contributed by atoms with Gasteiger partial charge in [0.25, 0.3) is 0 Å². The maximum atomic E-state index is 5.50. The number of nitrogens with zero attached hydrogens (tertiary/aromatic N) is 1. The quantitative estimate of drug-likeness (QED) is 0.891. The zero-order valence-electron chi connectivity index (χ0n) is 10.3. The highest BCUT2D eigenvalue weighted by atomic mass is 32.2. The lowest BCUT2D eigenvalue weighted by molar-refractivity contribution is -0.0440. The maximum Gasteiger partial charge on any atom is 0.184 e. The lowest BCUT2D eigenvalue weighted by atomic mass is 10.2. The van der Waals surface area contributed by atoms with E-state index in [1.165, 1.54) is 0 Å². The van der Waals surface area contributed by atoms with Crippen molar-refractivity contribution in [3.8, 4) is 0 Å². The number of hydrogen-bond donors (Lipinski definition) is 1. The molecule has 4 nitrogen and oxygen atoms in total. The van der Waals surface area contributed by atoms with Crippen molar-refractivity contribution in [1.82, 2.24) is 0 Å². The second-order valence-corrected chi connectivity index (χ2v) is 5.43. The van der Waals surface area contributed by atoms with Gasteiger partial charge in [0.15, 0.2) is 11.5 Å². The van der Waals surface area contributed by atoms with Crippen LogP contribution in [0.4, 0.5) is 5.69 Å². The van der Waals surface area contributed by atoms with Gasteiger partial charge in [-0.05, 0) is 19.1 Å². The Morgan fingerprint density at radius 2 is 2.17 bits per heavy atom. The highest BCUT2D eigenvalue weighted by Gasteiger charge is 2.19. The summed E-state index contributed by atoms with van der Waals surface area (Å²) in [6.07, 6.45) is -0.219. The van der Waals surface area contributed by atoms with E-state index < -0.39 is 0 Å². The highest BCUT2D eigenvalue weighted by Crippen LogP contribution is 2.26. The van der Waals surface area contributed by atoms with Gasteiger partial charge in [-0.3, -0.25) is 4.99 Å². The van der Waals surface area contributed by atoms with E-state index in [0.29, 0.717) is 19.3 Å². The van der Waals surface area contributed by atoms with Crippen LogP contribution < -0.4 is 5.32 Å². The van der Waals surface area contributed by atoms with Crippen LogP contribution >= 0.6 is 11.8 Å². The van der Waals surface area contributed by atoms with E-state index in [1.54, 1.807) is 11.8 Å². The molecule has 1 N–H and O–H groups in total. The monoisotopic (exact) mass is 264 g/mol. The minimum absolute atomic E-state index is 0.219. The molecule has 2 aliphatic rings. The van der Waals surface area contributed by atoms with Crippen molar-refractivity contribution in [2.45, 2.75) is 19.3 Å². The van der Waals surface area contributed by atoms with Gasteiger partial charge in [-0.25, -0.2) is 0 Å². The van der Waals surface area contributed by atoms with Crippen LogP contribution in [0.1, 0.15) is 18.8 Å². The molecule has 18 heavy (non-hydrogen) atoms. The fraction of sp³-hybridized carbons (Fsp3) is 0.462. The van der Waals surface area contributed by atoms with E-state index in [4.69, 9.17) is 9.47 Å². The van der Waals surface area contributed by atoms with Gasteiger partial charge in [-0.1, -0.05) is 23.9 Å². The molecule has 5 heteroatoms. The summed E-state index contributed by atoms with van der Waals surface area (Å²) in [5.74, 6) is 1.05. The molecule has 96 valence electrons. The first-order valence-electron chi connectivity index (χ1n) is 6.12. The summed E-state index contributed by atoms with van der Waals surface area (Å²) in [6, 6.07) is 8.52. The molecule has 2 heterocycles. The van der Waals surface area contributed by atoms with Crippen LogP contribution in [0.3, 0.4) is 0 Å². The van der Waals surface area contributed by atoms with E-state index in [0.717, 1.165) is 22.2 Å². The fourth-order valence-electron chi connectivity index (χ4n) is 1.98. The standard InChI is InChI=1S/C13H16N2O2S/c1-9-8-18-13(14-9)15-11-4-2-3-10(7-11)12-16-5-6-17-12/h2-4,7,9,12H,5-6,8H2,1H3,(H,14,15). The molecule has 0 bridgehead atoms. The first-order valence-corrected chi connectivity index (χ1v) is 7.10. The van der Waals surface area contributed by atoms with Crippen LogP contribution in [0.15, 0.2) is 29.3 Å². The van der Waals surface area contributed by atoms with Crippen molar-refractivity contribution in [3.05, 3.63) is 29.8 Å².